The number of nitrogens with two attached hydrogens (primary N) is 1. The van der Waals surface area contributed by atoms with Crippen LogP contribution in [0.25, 0.3) is 21.9 Å². The second-order valence-corrected chi connectivity index (χ2v) is 8.92. The van der Waals surface area contributed by atoms with Crippen molar-refractivity contribution in [2.45, 2.75) is 37.6 Å². The summed E-state index contributed by atoms with van der Waals surface area (Å²) in [6.07, 6.45) is 5.63. The predicted molar refractivity (Wildman–Crippen MR) is 126 cm³/mol. The first-order valence-corrected chi connectivity index (χ1v) is 11.2. The molecule has 0 radical (unpaired) electrons. The third kappa shape index (κ3) is 2.67. The number of hydrogen-bond acceptors (Lipinski definition) is 5. The van der Waals surface area contributed by atoms with Crippen LogP contribution in [0.2, 0.25) is 0 Å². The molecule has 0 saturated heterocycles. The van der Waals surface area contributed by atoms with Crippen LogP contribution in [-0.2, 0) is 23.8 Å². The van der Waals surface area contributed by atoms with Crippen LogP contribution in [-0.4, -0.2) is 25.9 Å². The van der Waals surface area contributed by atoms with Gasteiger partial charge in [0, 0.05) is 24.5 Å². The van der Waals surface area contributed by atoms with E-state index in [1.807, 2.05) is 42.3 Å². The monoisotopic (exact) mass is 440 g/mol. The number of rotatable bonds is 3. The lowest BCUT2D eigenvalue weighted by Crippen LogP contribution is -2.36. The van der Waals surface area contributed by atoms with Crippen molar-refractivity contribution in [2.75, 3.05) is 4.90 Å². The van der Waals surface area contributed by atoms with Gasteiger partial charge >= 0.3 is 0 Å². The summed E-state index contributed by atoms with van der Waals surface area (Å²) in [6.45, 7) is 0.205. The topological polar surface area (TPSA) is 110 Å². The number of carbonyl (C=O) groups excluding carboxylic acids is 1. The molecule has 6 rings (SSSR count). The molecule has 2 aromatic heterocycles. The molecule has 0 unspecified atom stereocenters. The Balaban J connectivity index is 1.56. The minimum atomic E-state index is -0.453. The Morgan fingerprint density at radius 2 is 1.88 bits per heavy atom. The number of aryl methyl sites for hydroxylation is 1. The van der Waals surface area contributed by atoms with E-state index in [1.54, 1.807) is 16.9 Å². The van der Waals surface area contributed by atoms with Gasteiger partial charge < -0.3 is 5.73 Å². The summed E-state index contributed by atoms with van der Waals surface area (Å²) in [5.41, 5.74) is 9.49. The van der Waals surface area contributed by atoms with Crippen LogP contribution < -0.4 is 16.2 Å². The summed E-state index contributed by atoms with van der Waals surface area (Å²) < 4.78 is 1.75. The zero-order valence-corrected chi connectivity index (χ0v) is 18.3. The molecule has 2 aliphatic rings. The molecule has 4 aromatic rings. The van der Waals surface area contributed by atoms with Gasteiger partial charge in [-0.1, -0.05) is 37.1 Å². The first-order chi connectivity index (χ1) is 16.0. The van der Waals surface area contributed by atoms with E-state index in [0.29, 0.717) is 16.5 Å². The highest BCUT2D eigenvalue weighted by Gasteiger charge is 2.53. The standard InChI is InChI=1S/C25H24N6O2/c1-30-23(31-21-7-3-2-6-19(21)25(24(31)33)10-4-5-11-25)18(14-27-30)15-8-9-16-17(12-15)20(13-26)28-29-22(16)32/h2-3,6-9,12,14H,4-5,10-11,13,26H2,1H3,(H,29,32). The molecule has 1 spiro atoms. The van der Waals surface area contributed by atoms with Crippen LogP contribution in [0.1, 0.15) is 36.9 Å². The van der Waals surface area contributed by atoms with Crippen molar-refractivity contribution in [1.29, 1.82) is 0 Å². The number of anilines is 2. The number of hydrogen-bond donors (Lipinski definition) is 2. The number of amides is 1. The fourth-order valence-corrected chi connectivity index (χ4v) is 5.63. The molecule has 166 valence electrons. The van der Waals surface area contributed by atoms with Gasteiger partial charge in [0.05, 0.1) is 28.4 Å². The zero-order chi connectivity index (χ0) is 22.7. The summed E-state index contributed by atoms with van der Waals surface area (Å²) in [7, 11) is 1.85. The molecule has 3 heterocycles. The fourth-order valence-electron chi connectivity index (χ4n) is 5.63. The second kappa shape index (κ2) is 7.11. The molecule has 1 aliphatic heterocycles. The lowest BCUT2D eigenvalue weighted by Gasteiger charge is -2.24. The van der Waals surface area contributed by atoms with Gasteiger partial charge in [0.2, 0.25) is 5.91 Å². The van der Waals surface area contributed by atoms with Crippen molar-refractivity contribution in [3.8, 4) is 11.1 Å². The first-order valence-electron chi connectivity index (χ1n) is 11.2. The molecular weight excluding hydrogens is 416 g/mol. The summed E-state index contributed by atoms with van der Waals surface area (Å²) in [6, 6.07) is 13.7. The van der Waals surface area contributed by atoms with E-state index in [2.05, 4.69) is 21.4 Å². The molecule has 8 heteroatoms. The molecular formula is C25H24N6O2. The maximum atomic E-state index is 14.0. The number of carbonyl (C=O) groups is 1. The molecule has 2 aromatic carbocycles. The SMILES string of the molecule is Cn1ncc(-c2ccc3c(=O)[nH]nc(CN)c3c2)c1N1C(=O)C2(CCCC2)c2ccccc21. The number of H-pyrrole nitrogens is 1. The van der Waals surface area contributed by atoms with Crippen LogP contribution in [0.3, 0.4) is 0 Å². The molecule has 0 bridgehead atoms. The van der Waals surface area contributed by atoms with Gasteiger partial charge in [-0.2, -0.15) is 10.2 Å². The molecule has 1 amide bonds. The maximum Gasteiger partial charge on any atom is 0.272 e. The molecule has 0 atom stereocenters. The first kappa shape index (κ1) is 19.9. The molecule has 8 nitrogen and oxygen atoms in total. The number of aromatic nitrogens is 4. The Kier molecular flexibility index (Phi) is 4.28. The smallest absolute Gasteiger partial charge is 0.272 e. The fraction of sp³-hybridized carbons (Fsp3) is 0.280. The van der Waals surface area contributed by atoms with Gasteiger partial charge in [0.25, 0.3) is 5.56 Å². The Morgan fingerprint density at radius 1 is 1.09 bits per heavy atom. The summed E-state index contributed by atoms with van der Waals surface area (Å²) >= 11 is 0. The molecule has 33 heavy (non-hydrogen) atoms. The van der Waals surface area contributed by atoms with Gasteiger partial charge in [-0.05, 0) is 42.2 Å². The van der Waals surface area contributed by atoms with Crippen molar-refractivity contribution < 1.29 is 4.79 Å². The van der Waals surface area contributed by atoms with Crippen molar-refractivity contribution in [3.63, 3.8) is 0 Å². The minimum absolute atomic E-state index is 0.118. The van der Waals surface area contributed by atoms with E-state index >= 15 is 0 Å². The Bertz CT molecular complexity index is 1480. The van der Waals surface area contributed by atoms with E-state index in [-0.39, 0.29) is 18.0 Å². The van der Waals surface area contributed by atoms with Gasteiger partial charge in [0.1, 0.15) is 5.82 Å². The van der Waals surface area contributed by atoms with E-state index in [9.17, 15) is 9.59 Å². The van der Waals surface area contributed by atoms with Crippen LogP contribution in [0.15, 0.2) is 53.5 Å². The maximum absolute atomic E-state index is 14.0. The number of para-hydroxylation sites is 1. The average molecular weight is 441 g/mol. The lowest BCUT2D eigenvalue weighted by atomic mass is 9.80. The summed E-state index contributed by atoms with van der Waals surface area (Å²) in [4.78, 5) is 28.1. The lowest BCUT2D eigenvalue weighted by molar-refractivity contribution is -0.122. The highest BCUT2D eigenvalue weighted by Crippen LogP contribution is 2.54. The third-order valence-corrected chi connectivity index (χ3v) is 7.22. The van der Waals surface area contributed by atoms with E-state index in [0.717, 1.165) is 53.9 Å². The summed E-state index contributed by atoms with van der Waals surface area (Å²) in [5.74, 6) is 0.843. The van der Waals surface area contributed by atoms with Gasteiger partial charge in [-0.15, -0.1) is 0 Å². The van der Waals surface area contributed by atoms with Gasteiger partial charge in [-0.3, -0.25) is 19.2 Å². The van der Waals surface area contributed by atoms with E-state index in [1.165, 1.54) is 0 Å². The largest absolute Gasteiger partial charge is 0.325 e. The van der Waals surface area contributed by atoms with Gasteiger partial charge in [-0.25, -0.2) is 5.10 Å². The molecule has 1 aliphatic carbocycles. The number of aromatic amines is 1. The number of nitrogens with one attached hydrogen (secondary N) is 1. The van der Waals surface area contributed by atoms with Crippen molar-refractivity contribution in [2.24, 2.45) is 12.8 Å². The summed E-state index contributed by atoms with van der Waals surface area (Å²) in [5, 5.41) is 12.4. The zero-order valence-electron chi connectivity index (χ0n) is 18.3. The number of fused-ring (bicyclic) bond motifs is 3. The second-order valence-electron chi connectivity index (χ2n) is 8.92. The Hall–Kier alpha value is -3.78. The van der Waals surface area contributed by atoms with Crippen LogP contribution >= 0.6 is 0 Å². The number of benzene rings is 2. The molecule has 1 fully saturated rings. The highest BCUT2D eigenvalue weighted by molar-refractivity contribution is 6.14. The molecule has 3 N–H and O–H groups in total. The predicted octanol–water partition coefficient (Wildman–Crippen LogP) is 3.27. The van der Waals surface area contributed by atoms with Gasteiger partial charge in [0.15, 0.2) is 0 Å². The van der Waals surface area contributed by atoms with Crippen LogP contribution in [0.5, 0.6) is 0 Å². The van der Waals surface area contributed by atoms with Crippen LogP contribution in [0, 0.1) is 0 Å². The third-order valence-electron chi connectivity index (χ3n) is 7.22. The highest BCUT2D eigenvalue weighted by atomic mass is 16.2. The Labute approximate surface area is 190 Å². The van der Waals surface area contributed by atoms with Crippen molar-refractivity contribution >= 4 is 28.2 Å². The van der Waals surface area contributed by atoms with Crippen molar-refractivity contribution in [1.82, 2.24) is 20.0 Å². The van der Waals surface area contributed by atoms with Crippen molar-refractivity contribution in [3.05, 3.63) is 70.3 Å². The van der Waals surface area contributed by atoms with E-state index < -0.39 is 5.41 Å². The Morgan fingerprint density at radius 3 is 2.67 bits per heavy atom. The van der Waals surface area contributed by atoms with E-state index in [4.69, 9.17) is 5.73 Å². The minimum Gasteiger partial charge on any atom is -0.325 e. The average Bonchev–Trinajstić information content (AvgIpc) is 3.53. The normalized spacial score (nSPS) is 16.8. The van der Waals surface area contributed by atoms with Crippen LogP contribution in [0.4, 0.5) is 11.5 Å². The molecule has 1 saturated carbocycles. The quantitative estimate of drug-likeness (QED) is 0.508. The number of nitrogens with zero attached hydrogens (tertiary/aromatic N) is 4.